The van der Waals surface area contributed by atoms with Crippen LogP contribution in [-0.4, -0.2) is 35.1 Å². The first kappa shape index (κ1) is 18.9. The lowest BCUT2D eigenvalue weighted by atomic mass is 9.97. The molecule has 0 amide bonds. The van der Waals surface area contributed by atoms with Gasteiger partial charge in [0.1, 0.15) is 0 Å². The van der Waals surface area contributed by atoms with Crippen molar-refractivity contribution in [2.45, 2.75) is 19.8 Å². The van der Waals surface area contributed by atoms with E-state index in [1.807, 2.05) is 0 Å². The van der Waals surface area contributed by atoms with E-state index in [-0.39, 0.29) is 13.2 Å². The Labute approximate surface area is 153 Å². The molecule has 0 saturated carbocycles. The van der Waals surface area contributed by atoms with E-state index in [0.717, 1.165) is 0 Å². The van der Waals surface area contributed by atoms with Crippen molar-refractivity contribution in [3.8, 4) is 0 Å². The van der Waals surface area contributed by atoms with Gasteiger partial charge in [0.05, 0.1) is 13.2 Å². The molecule has 0 aliphatic heterocycles. The maximum atomic E-state index is 12.4. The fraction of sp³-hybridized carbons (Fsp3) is 0.294. The van der Waals surface area contributed by atoms with Crippen molar-refractivity contribution in [2.24, 2.45) is 0 Å². The Bertz CT molecular complexity index is 722. The second kappa shape index (κ2) is 9.12. The van der Waals surface area contributed by atoms with Crippen LogP contribution in [0.3, 0.4) is 0 Å². The molecule has 1 N–H and O–H groups in total. The van der Waals surface area contributed by atoms with Crippen LogP contribution >= 0.6 is 15.9 Å². The van der Waals surface area contributed by atoms with E-state index in [9.17, 15) is 9.59 Å². The monoisotopic (exact) mass is 407 g/mol. The predicted molar refractivity (Wildman–Crippen MR) is 95.5 cm³/mol. The largest absolute Gasteiger partial charge is 0.465 e. The Hall–Kier alpha value is -2.48. The highest BCUT2D eigenvalue weighted by Gasteiger charge is 2.33. The lowest BCUT2D eigenvalue weighted by Crippen LogP contribution is -2.27. The van der Waals surface area contributed by atoms with Crippen molar-refractivity contribution in [3.63, 3.8) is 0 Å². The number of nitrogens with zero attached hydrogens (tertiary/aromatic N) is 2. The lowest BCUT2D eigenvalue weighted by molar-refractivity contribution is -0.156. The summed E-state index contributed by atoms with van der Waals surface area (Å²) >= 11 is 3.36. The molecule has 2 rings (SSSR count). The molecule has 1 aromatic carbocycles. The number of benzene rings is 1. The number of rotatable bonds is 7. The van der Waals surface area contributed by atoms with Crippen LogP contribution in [0.5, 0.6) is 0 Å². The van der Waals surface area contributed by atoms with E-state index in [4.69, 9.17) is 9.47 Å². The predicted octanol–water partition coefficient (Wildman–Crippen LogP) is 3.19. The van der Waals surface area contributed by atoms with Gasteiger partial charge in [-0.2, -0.15) is 0 Å². The van der Waals surface area contributed by atoms with E-state index in [1.54, 1.807) is 50.5 Å². The molecular formula is C17H18BrN3O4. The summed E-state index contributed by atoms with van der Waals surface area (Å²) in [6.07, 6.45) is 3.17. The van der Waals surface area contributed by atoms with Crippen LogP contribution in [0.2, 0.25) is 0 Å². The normalized spacial score (nSPS) is 10.4. The highest BCUT2D eigenvalue weighted by atomic mass is 79.9. The SMILES string of the molecule is CCOC(=O)C(C(=O)OCC)c1cc(Br)ccc1Nc1ncccn1. The van der Waals surface area contributed by atoms with Crippen molar-refractivity contribution in [3.05, 3.63) is 46.7 Å². The number of halogens is 1. The van der Waals surface area contributed by atoms with E-state index in [1.165, 1.54) is 0 Å². The molecule has 0 fully saturated rings. The number of ether oxygens (including phenoxy) is 2. The third-order valence-corrected chi connectivity index (χ3v) is 3.67. The molecule has 0 radical (unpaired) electrons. The van der Waals surface area contributed by atoms with Gasteiger partial charge < -0.3 is 14.8 Å². The molecule has 0 saturated heterocycles. The van der Waals surface area contributed by atoms with Crippen molar-refractivity contribution >= 4 is 39.5 Å². The molecule has 1 heterocycles. The number of aromatic nitrogens is 2. The second-order valence-electron chi connectivity index (χ2n) is 4.87. The lowest BCUT2D eigenvalue weighted by Gasteiger charge is -2.18. The van der Waals surface area contributed by atoms with Crippen molar-refractivity contribution < 1.29 is 19.1 Å². The highest BCUT2D eigenvalue weighted by molar-refractivity contribution is 9.10. The first-order valence-corrected chi connectivity index (χ1v) is 8.52. The molecule has 0 spiro atoms. The van der Waals surface area contributed by atoms with Crippen LogP contribution in [0.15, 0.2) is 41.1 Å². The molecule has 1 aromatic heterocycles. The van der Waals surface area contributed by atoms with Crippen molar-refractivity contribution in [1.82, 2.24) is 9.97 Å². The molecule has 0 aliphatic rings. The molecule has 2 aromatic rings. The van der Waals surface area contributed by atoms with Gasteiger partial charge in [0, 0.05) is 28.1 Å². The highest BCUT2D eigenvalue weighted by Crippen LogP contribution is 2.31. The Balaban J connectivity index is 2.46. The minimum atomic E-state index is -1.20. The van der Waals surface area contributed by atoms with Crippen LogP contribution in [-0.2, 0) is 19.1 Å². The average Bonchev–Trinajstić information content (AvgIpc) is 2.59. The Morgan fingerprint density at radius 2 is 1.72 bits per heavy atom. The van der Waals surface area contributed by atoms with Crippen molar-refractivity contribution in [2.75, 3.05) is 18.5 Å². The molecule has 7 nitrogen and oxygen atoms in total. The van der Waals surface area contributed by atoms with Crippen molar-refractivity contribution in [1.29, 1.82) is 0 Å². The number of carbonyl (C=O) groups excluding carboxylic acids is 2. The minimum absolute atomic E-state index is 0.160. The van der Waals surface area contributed by atoms with Gasteiger partial charge in [0.15, 0.2) is 5.92 Å². The fourth-order valence-electron chi connectivity index (χ4n) is 2.17. The van der Waals surface area contributed by atoms with Crippen LogP contribution in [0.1, 0.15) is 25.3 Å². The quantitative estimate of drug-likeness (QED) is 0.556. The van der Waals surface area contributed by atoms with Gasteiger partial charge in [-0.15, -0.1) is 0 Å². The smallest absolute Gasteiger partial charge is 0.324 e. The van der Waals surface area contributed by atoms with Gasteiger partial charge in [-0.3, -0.25) is 9.59 Å². The number of anilines is 2. The van der Waals surface area contributed by atoms with Crippen LogP contribution in [0.25, 0.3) is 0 Å². The number of nitrogens with one attached hydrogen (secondary N) is 1. The summed E-state index contributed by atoms with van der Waals surface area (Å²) in [6, 6.07) is 6.86. The standard InChI is InChI=1S/C17H18BrN3O4/c1-3-24-15(22)14(16(23)25-4-2)12-10-11(18)6-7-13(12)21-17-19-8-5-9-20-17/h5-10,14H,3-4H2,1-2H3,(H,19,20,21). The fourth-order valence-corrected chi connectivity index (χ4v) is 2.55. The summed E-state index contributed by atoms with van der Waals surface area (Å²) < 4.78 is 10.8. The van der Waals surface area contributed by atoms with E-state index in [0.29, 0.717) is 21.7 Å². The van der Waals surface area contributed by atoms with Gasteiger partial charge in [-0.1, -0.05) is 15.9 Å². The first-order chi connectivity index (χ1) is 12.1. The summed E-state index contributed by atoms with van der Waals surface area (Å²) in [6.45, 7) is 3.68. The van der Waals surface area contributed by atoms with Gasteiger partial charge >= 0.3 is 11.9 Å². The molecule has 0 aliphatic carbocycles. The molecule has 8 heteroatoms. The summed E-state index contributed by atoms with van der Waals surface area (Å²) in [5, 5.41) is 3.02. The zero-order valence-electron chi connectivity index (χ0n) is 13.9. The Kier molecular flexibility index (Phi) is 6.88. The molecular weight excluding hydrogens is 390 g/mol. The summed E-state index contributed by atoms with van der Waals surface area (Å²) in [5.41, 5.74) is 0.930. The maximum absolute atomic E-state index is 12.4. The average molecular weight is 408 g/mol. The van der Waals surface area contributed by atoms with Gasteiger partial charge in [0.25, 0.3) is 0 Å². The third kappa shape index (κ3) is 4.99. The number of carbonyl (C=O) groups is 2. The molecule has 0 atom stereocenters. The van der Waals surface area contributed by atoms with Crippen LogP contribution in [0.4, 0.5) is 11.6 Å². The number of esters is 2. The van der Waals surface area contributed by atoms with E-state index >= 15 is 0 Å². The summed E-state index contributed by atoms with van der Waals surface area (Å²) in [4.78, 5) is 32.9. The van der Waals surface area contributed by atoms with Gasteiger partial charge in [0.2, 0.25) is 5.95 Å². The van der Waals surface area contributed by atoms with E-state index < -0.39 is 17.9 Å². The van der Waals surface area contributed by atoms with Gasteiger partial charge in [-0.25, -0.2) is 9.97 Å². The first-order valence-electron chi connectivity index (χ1n) is 7.73. The molecule has 132 valence electrons. The van der Waals surface area contributed by atoms with E-state index in [2.05, 4.69) is 31.2 Å². The third-order valence-electron chi connectivity index (χ3n) is 3.18. The molecule has 0 bridgehead atoms. The summed E-state index contributed by atoms with van der Waals surface area (Å²) in [7, 11) is 0. The van der Waals surface area contributed by atoms with Crippen LogP contribution < -0.4 is 5.32 Å². The molecule has 25 heavy (non-hydrogen) atoms. The second-order valence-corrected chi connectivity index (χ2v) is 5.78. The summed E-state index contributed by atoms with van der Waals surface area (Å²) in [5.74, 6) is -2.20. The zero-order chi connectivity index (χ0) is 18.2. The maximum Gasteiger partial charge on any atom is 0.324 e. The van der Waals surface area contributed by atoms with Crippen LogP contribution in [0, 0.1) is 0 Å². The minimum Gasteiger partial charge on any atom is -0.465 e. The Morgan fingerprint density at radius 3 is 2.28 bits per heavy atom. The number of hydrogen-bond donors (Lipinski definition) is 1. The topological polar surface area (TPSA) is 90.4 Å². The number of hydrogen-bond acceptors (Lipinski definition) is 7. The zero-order valence-corrected chi connectivity index (χ0v) is 15.4. The van der Waals surface area contributed by atoms with Gasteiger partial charge in [-0.05, 0) is 38.1 Å². The Morgan fingerprint density at radius 1 is 1.12 bits per heavy atom. The molecule has 0 unspecified atom stereocenters.